The summed E-state index contributed by atoms with van der Waals surface area (Å²) >= 11 is 0. The van der Waals surface area contributed by atoms with Crippen LogP contribution in [0.25, 0.3) is 0 Å². The van der Waals surface area contributed by atoms with Gasteiger partial charge in [0, 0.05) is 18.7 Å². The maximum atomic E-state index is 11.3. The number of rotatable bonds is 11. The lowest BCUT2D eigenvalue weighted by Crippen LogP contribution is -2.18. The van der Waals surface area contributed by atoms with Gasteiger partial charge in [0.25, 0.3) is 5.91 Å². The number of aliphatic hydroxyl groups is 1. The van der Waals surface area contributed by atoms with E-state index in [1.165, 1.54) is 6.20 Å². The first-order valence-electron chi connectivity index (χ1n) is 9.27. The van der Waals surface area contributed by atoms with Gasteiger partial charge in [-0.15, -0.1) is 24.8 Å². The van der Waals surface area contributed by atoms with Crippen LogP contribution in [0.2, 0.25) is 0 Å². The van der Waals surface area contributed by atoms with E-state index in [9.17, 15) is 9.90 Å². The number of halogens is 2. The number of aryl methyl sites for hydroxylation is 1. The Hall–Kier alpha value is -1.80. The Bertz CT molecular complexity index is 738. The number of primary amides is 1. The number of nitrogens with zero attached hydrogens (tertiary/aromatic N) is 2. The Morgan fingerprint density at radius 1 is 1.31 bits per heavy atom. The summed E-state index contributed by atoms with van der Waals surface area (Å²) in [7, 11) is 4.09. The van der Waals surface area contributed by atoms with Crippen LogP contribution in [-0.2, 0) is 6.42 Å². The van der Waals surface area contributed by atoms with Gasteiger partial charge in [-0.25, -0.2) is 4.98 Å². The fraction of sp³-hybridized carbons (Fsp3) is 0.500. The van der Waals surface area contributed by atoms with Gasteiger partial charge in [0.05, 0.1) is 12.7 Å². The zero-order valence-corrected chi connectivity index (χ0v) is 18.8. The number of hydrogen-bond acceptors (Lipinski definition) is 5. The summed E-state index contributed by atoms with van der Waals surface area (Å²) in [5.41, 5.74) is 6.53. The number of para-hydroxylation sites is 1. The standard InChI is InChI=1S/C20H30N4O3.2ClH/c1-14(25)16(20-22-13-17(23-20)19(21)26)10-9-15-7-4-5-8-18(15)27-12-6-11-24(2)3;;/h4-5,7-8,13-14,16,25H,6,9-12H2,1-3H3,(H2,21,26)(H,22,23);2*1H/t14-,16-;;/m0../s1. The summed E-state index contributed by atoms with van der Waals surface area (Å²) in [6, 6.07) is 7.96. The number of imidazole rings is 1. The Morgan fingerprint density at radius 2 is 2.00 bits per heavy atom. The molecule has 9 heteroatoms. The predicted octanol–water partition coefficient (Wildman–Crippen LogP) is 2.78. The maximum absolute atomic E-state index is 11.3. The molecule has 0 bridgehead atoms. The molecule has 29 heavy (non-hydrogen) atoms. The van der Waals surface area contributed by atoms with E-state index in [2.05, 4.69) is 14.9 Å². The van der Waals surface area contributed by atoms with Gasteiger partial charge in [0.1, 0.15) is 17.3 Å². The van der Waals surface area contributed by atoms with Crippen molar-refractivity contribution in [2.24, 2.45) is 5.73 Å². The Kier molecular flexibility index (Phi) is 12.6. The largest absolute Gasteiger partial charge is 0.493 e. The molecule has 0 aliphatic carbocycles. The van der Waals surface area contributed by atoms with Gasteiger partial charge in [0.15, 0.2) is 0 Å². The van der Waals surface area contributed by atoms with Crippen molar-refractivity contribution in [3.63, 3.8) is 0 Å². The zero-order valence-electron chi connectivity index (χ0n) is 17.1. The van der Waals surface area contributed by atoms with Gasteiger partial charge >= 0.3 is 0 Å². The van der Waals surface area contributed by atoms with E-state index in [0.29, 0.717) is 18.9 Å². The van der Waals surface area contributed by atoms with Crippen LogP contribution < -0.4 is 10.5 Å². The van der Waals surface area contributed by atoms with Gasteiger partial charge in [-0.2, -0.15) is 0 Å². The first-order chi connectivity index (χ1) is 12.9. The van der Waals surface area contributed by atoms with Crippen LogP contribution in [0.15, 0.2) is 30.5 Å². The Morgan fingerprint density at radius 3 is 2.59 bits per heavy atom. The Balaban J connectivity index is 0.00000392. The molecule has 4 N–H and O–H groups in total. The molecule has 0 radical (unpaired) electrons. The number of benzene rings is 1. The fourth-order valence-electron chi connectivity index (χ4n) is 2.98. The second-order valence-electron chi connectivity index (χ2n) is 7.03. The number of carbonyl (C=O) groups excluding carboxylic acids is 1. The van der Waals surface area contributed by atoms with Gasteiger partial charge in [-0.3, -0.25) is 4.79 Å². The summed E-state index contributed by atoms with van der Waals surface area (Å²) in [6.45, 7) is 3.36. The summed E-state index contributed by atoms with van der Waals surface area (Å²) in [4.78, 5) is 20.6. The molecule has 0 aliphatic rings. The molecule has 0 spiro atoms. The molecule has 1 amide bonds. The molecule has 0 unspecified atom stereocenters. The van der Waals surface area contributed by atoms with Crippen molar-refractivity contribution in [3.8, 4) is 5.75 Å². The molecular weight excluding hydrogens is 415 g/mol. The lowest BCUT2D eigenvalue weighted by molar-refractivity contribution is 0.0995. The Labute approximate surface area is 184 Å². The highest BCUT2D eigenvalue weighted by atomic mass is 35.5. The van der Waals surface area contributed by atoms with Crippen LogP contribution in [-0.4, -0.2) is 59.2 Å². The number of ether oxygens (including phenoxy) is 1. The second-order valence-corrected chi connectivity index (χ2v) is 7.03. The highest BCUT2D eigenvalue weighted by Gasteiger charge is 2.22. The van der Waals surface area contributed by atoms with Crippen LogP contribution in [0.4, 0.5) is 0 Å². The topological polar surface area (TPSA) is 104 Å². The smallest absolute Gasteiger partial charge is 0.268 e. The molecule has 2 rings (SSSR count). The molecule has 7 nitrogen and oxygen atoms in total. The molecule has 1 aromatic carbocycles. The summed E-state index contributed by atoms with van der Waals surface area (Å²) in [5, 5.41) is 10.2. The van der Waals surface area contributed by atoms with Crippen molar-refractivity contribution in [2.75, 3.05) is 27.2 Å². The lowest BCUT2D eigenvalue weighted by Gasteiger charge is -2.19. The minimum absolute atomic E-state index is 0. The number of aromatic amines is 1. The number of nitrogens with one attached hydrogen (secondary N) is 1. The second kappa shape index (κ2) is 13.4. The van der Waals surface area contributed by atoms with Crippen LogP contribution in [0.5, 0.6) is 5.75 Å². The number of H-pyrrole nitrogens is 1. The summed E-state index contributed by atoms with van der Waals surface area (Å²) in [6.07, 6.45) is 3.23. The van der Waals surface area contributed by atoms with E-state index in [-0.39, 0.29) is 36.4 Å². The van der Waals surface area contributed by atoms with Crippen molar-refractivity contribution in [1.82, 2.24) is 14.9 Å². The molecule has 164 valence electrons. The number of aliphatic hydroxyl groups excluding tert-OH is 1. The SMILES string of the molecule is C[C@H](O)[C@H](CCc1ccccc1OCCCN(C)C)c1nc(C(N)=O)c[nH]1.Cl.Cl. The van der Waals surface area contributed by atoms with Crippen LogP contribution in [0, 0.1) is 0 Å². The molecule has 2 atom stereocenters. The van der Waals surface area contributed by atoms with Gasteiger partial charge < -0.3 is 25.5 Å². The minimum Gasteiger partial charge on any atom is -0.493 e. The van der Waals surface area contributed by atoms with Crippen molar-refractivity contribution in [1.29, 1.82) is 0 Å². The maximum Gasteiger partial charge on any atom is 0.268 e. The first-order valence-corrected chi connectivity index (χ1v) is 9.27. The molecule has 0 saturated heterocycles. The normalized spacial score (nSPS) is 12.6. The molecule has 0 aliphatic heterocycles. The molecule has 1 heterocycles. The molecule has 0 saturated carbocycles. The number of aromatic nitrogens is 2. The van der Waals surface area contributed by atoms with Gasteiger partial charge in [-0.05, 0) is 51.9 Å². The third-order valence-corrected chi connectivity index (χ3v) is 4.49. The predicted molar refractivity (Wildman–Crippen MR) is 119 cm³/mol. The van der Waals surface area contributed by atoms with Gasteiger partial charge in [0.2, 0.25) is 0 Å². The lowest BCUT2D eigenvalue weighted by atomic mass is 9.94. The fourth-order valence-corrected chi connectivity index (χ4v) is 2.98. The van der Waals surface area contributed by atoms with E-state index < -0.39 is 12.0 Å². The van der Waals surface area contributed by atoms with Crippen LogP contribution >= 0.6 is 24.8 Å². The van der Waals surface area contributed by atoms with E-state index in [0.717, 1.165) is 30.7 Å². The minimum atomic E-state index is -0.606. The number of hydrogen-bond donors (Lipinski definition) is 3. The van der Waals surface area contributed by atoms with Gasteiger partial charge in [-0.1, -0.05) is 18.2 Å². The summed E-state index contributed by atoms with van der Waals surface area (Å²) < 4.78 is 5.95. The zero-order chi connectivity index (χ0) is 19.8. The van der Waals surface area contributed by atoms with E-state index in [4.69, 9.17) is 10.5 Å². The number of nitrogens with two attached hydrogens (primary N) is 1. The average Bonchev–Trinajstić information content (AvgIpc) is 3.09. The van der Waals surface area contributed by atoms with E-state index >= 15 is 0 Å². The third kappa shape index (κ3) is 8.62. The number of carbonyl (C=O) groups is 1. The first kappa shape index (κ1) is 27.2. The monoisotopic (exact) mass is 446 g/mol. The van der Waals surface area contributed by atoms with Crippen molar-refractivity contribution < 1.29 is 14.6 Å². The quantitative estimate of drug-likeness (QED) is 0.460. The van der Waals surface area contributed by atoms with E-state index in [1.807, 2.05) is 38.4 Å². The van der Waals surface area contributed by atoms with Crippen LogP contribution in [0.1, 0.15) is 47.6 Å². The van der Waals surface area contributed by atoms with Crippen molar-refractivity contribution in [2.45, 2.75) is 38.2 Å². The molecule has 2 aromatic rings. The molecule has 1 aromatic heterocycles. The van der Waals surface area contributed by atoms with Crippen LogP contribution in [0.3, 0.4) is 0 Å². The van der Waals surface area contributed by atoms with E-state index in [1.54, 1.807) is 6.92 Å². The highest BCUT2D eigenvalue weighted by molar-refractivity contribution is 5.90. The van der Waals surface area contributed by atoms with Crippen molar-refractivity contribution >= 4 is 30.7 Å². The third-order valence-electron chi connectivity index (χ3n) is 4.49. The summed E-state index contributed by atoms with van der Waals surface area (Å²) in [5.74, 6) is 0.638. The number of amides is 1. The molecule has 0 fully saturated rings. The highest BCUT2D eigenvalue weighted by Crippen LogP contribution is 2.27. The average molecular weight is 447 g/mol. The molecular formula is C20H32Cl2N4O3. The van der Waals surface area contributed by atoms with Crippen molar-refractivity contribution in [3.05, 3.63) is 47.5 Å².